The lowest BCUT2D eigenvalue weighted by molar-refractivity contribution is 0.581. The van der Waals surface area contributed by atoms with E-state index in [2.05, 4.69) is 31.9 Å². The van der Waals surface area contributed by atoms with Gasteiger partial charge in [0.2, 0.25) is 0 Å². The second-order valence-corrected chi connectivity index (χ2v) is 3.70. The smallest absolute Gasteiger partial charge is 0.141 e. The molecule has 0 radical (unpaired) electrons. The van der Waals surface area contributed by atoms with E-state index in [1.54, 1.807) is 0 Å². The lowest BCUT2D eigenvalue weighted by Gasteiger charge is -2.02. The van der Waals surface area contributed by atoms with Crippen LogP contribution >= 0.6 is 31.9 Å². The van der Waals surface area contributed by atoms with Crippen LogP contribution < -0.4 is 0 Å². The fourth-order valence-electron chi connectivity index (χ4n) is 0.691. The molecule has 0 N–H and O–H groups in total. The minimum absolute atomic E-state index is 0.126. The van der Waals surface area contributed by atoms with Gasteiger partial charge in [0, 0.05) is 0 Å². The second kappa shape index (κ2) is 3.19. The Morgan fingerprint density at radius 2 is 1.73 bits per heavy atom. The number of benzene rings is 1. The van der Waals surface area contributed by atoms with Gasteiger partial charge in [-0.2, -0.15) is 0 Å². The van der Waals surface area contributed by atoms with Crippen LogP contribution in [-0.4, -0.2) is 0 Å². The summed E-state index contributed by atoms with van der Waals surface area (Å²) < 4.78 is 26.0. The van der Waals surface area contributed by atoms with E-state index < -0.39 is 11.6 Å². The molecule has 4 heteroatoms. The van der Waals surface area contributed by atoms with Crippen LogP contribution in [0.15, 0.2) is 15.0 Å². The predicted molar refractivity (Wildman–Crippen MR) is 46.5 cm³/mol. The average molecular weight is 286 g/mol. The number of rotatable bonds is 0. The number of aryl methyl sites for hydroxylation is 1. The maximum atomic E-state index is 12.9. The van der Waals surface area contributed by atoms with Gasteiger partial charge in [0.15, 0.2) is 0 Å². The molecule has 0 aliphatic carbocycles. The SMILES string of the molecule is Cc1cc(F)c(Br)c(Br)c1F. The third kappa shape index (κ3) is 1.62. The Morgan fingerprint density at radius 1 is 1.18 bits per heavy atom. The Kier molecular flexibility index (Phi) is 2.65. The van der Waals surface area contributed by atoms with Gasteiger partial charge in [0.1, 0.15) is 11.6 Å². The van der Waals surface area contributed by atoms with Crippen LogP contribution in [-0.2, 0) is 0 Å². The van der Waals surface area contributed by atoms with Crippen molar-refractivity contribution in [1.82, 2.24) is 0 Å². The van der Waals surface area contributed by atoms with Crippen LogP contribution in [0.5, 0.6) is 0 Å². The van der Waals surface area contributed by atoms with Gasteiger partial charge in [-0.3, -0.25) is 0 Å². The first-order valence-corrected chi connectivity index (χ1v) is 4.42. The highest BCUT2D eigenvalue weighted by Gasteiger charge is 2.11. The molecule has 0 aliphatic heterocycles. The minimum atomic E-state index is -0.462. The van der Waals surface area contributed by atoms with Crippen LogP contribution in [0, 0.1) is 18.6 Å². The van der Waals surface area contributed by atoms with Gasteiger partial charge < -0.3 is 0 Å². The van der Waals surface area contributed by atoms with Crippen molar-refractivity contribution >= 4 is 31.9 Å². The van der Waals surface area contributed by atoms with E-state index in [9.17, 15) is 8.78 Å². The first kappa shape index (κ1) is 9.13. The van der Waals surface area contributed by atoms with Crippen molar-refractivity contribution < 1.29 is 8.78 Å². The molecule has 0 atom stereocenters. The van der Waals surface area contributed by atoms with Crippen molar-refractivity contribution in [2.45, 2.75) is 6.92 Å². The summed E-state index contributed by atoms with van der Waals surface area (Å²) in [7, 11) is 0. The normalized spacial score (nSPS) is 10.3. The van der Waals surface area contributed by atoms with Gasteiger partial charge in [-0.15, -0.1) is 0 Å². The molecule has 1 rings (SSSR count). The van der Waals surface area contributed by atoms with E-state index in [0.29, 0.717) is 0 Å². The first-order chi connectivity index (χ1) is 5.04. The number of hydrogen-bond donors (Lipinski definition) is 0. The molecule has 1 aromatic rings. The highest BCUT2D eigenvalue weighted by Crippen LogP contribution is 2.30. The van der Waals surface area contributed by atoms with Crippen LogP contribution in [0.25, 0.3) is 0 Å². The van der Waals surface area contributed by atoms with Gasteiger partial charge in [-0.1, -0.05) is 0 Å². The van der Waals surface area contributed by atoms with Crippen molar-refractivity contribution in [2.75, 3.05) is 0 Å². The van der Waals surface area contributed by atoms with Gasteiger partial charge in [0.05, 0.1) is 8.95 Å². The van der Waals surface area contributed by atoms with Gasteiger partial charge in [-0.05, 0) is 50.4 Å². The Labute approximate surface area is 79.9 Å². The third-order valence-electron chi connectivity index (χ3n) is 1.28. The Hall–Kier alpha value is 0.0400. The van der Waals surface area contributed by atoms with Gasteiger partial charge >= 0.3 is 0 Å². The lowest BCUT2D eigenvalue weighted by atomic mass is 10.2. The molecule has 0 aliphatic rings. The molecule has 0 heterocycles. The molecule has 0 saturated heterocycles. The molecule has 0 aromatic heterocycles. The monoisotopic (exact) mass is 284 g/mol. The summed E-state index contributed by atoms with van der Waals surface area (Å²) in [6, 6.07) is 1.14. The summed E-state index contributed by atoms with van der Waals surface area (Å²) in [4.78, 5) is 0. The van der Waals surface area contributed by atoms with E-state index >= 15 is 0 Å². The molecule has 0 amide bonds. The van der Waals surface area contributed by atoms with Crippen molar-refractivity contribution in [2.24, 2.45) is 0 Å². The summed E-state index contributed by atoms with van der Waals surface area (Å²) >= 11 is 5.82. The van der Waals surface area contributed by atoms with E-state index in [1.165, 1.54) is 6.92 Å². The summed E-state index contributed by atoms with van der Waals surface area (Å²) in [6.07, 6.45) is 0. The average Bonchev–Trinajstić information content (AvgIpc) is 1.97. The van der Waals surface area contributed by atoms with Crippen LogP contribution in [0.3, 0.4) is 0 Å². The third-order valence-corrected chi connectivity index (χ3v) is 3.34. The van der Waals surface area contributed by atoms with Gasteiger partial charge in [0.25, 0.3) is 0 Å². The molecule has 1 aromatic carbocycles. The first-order valence-electron chi connectivity index (χ1n) is 2.83. The van der Waals surface area contributed by atoms with E-state index in [0.717, 1.165) is 6.07 Å². The maximum Gasteiger partial charge on any atom is 0.141 e. The second-order valence-electron chi connectivity index (χ2n) is 2.12. The molecular formula is C7H4Br2F2. The minimum Gasteiger partial charge on any atom is -0.206 e. The highest BCUT2D eigenvalue weighted by molar-refractivity contribution is 9.13. The summed E-state index contributed by atoms with van der Waals surface area (Å²) in [5.41, 5.74) is 0.289. The maximum absolute atomic E-state index is 12.9. The topological polar surface area (TPSA) is 0 Å². The molecule has 11 heavy (non-hydrogen) atoms. The van der Waals surface area contributed by atoms with Crippen molar-refractivity contribution in [3.63, 3.8) is 0 Å². The summed E-state index contributed by atoms with van der Waals surface area (Å²) in [5.74, 6) is -0.894. The van der Waals surface area contributed by atoms with Crippen LogP contribution in [0.2, 0.25) is 0 Å². The van der Waals surface area contributed by atoms with Crippen molar-refractivity contribution in [3.8, 4) is 0 Å². The number of hydrogen-bond acceptors (Lipinski definition) is 0. The molecule has 0 fully saturated rings. The zero-order valence-electron chi connectivity index (χ0n) is 5.59. The molecule has 60 valence electrons. The fourth-order valence-corrected chi connectivity index (χ4v) is 1.48. The van der Waals surface area contributed by atoms with E-state index in [1.807, 2.05) is 0 Å². The molecule has 0 saturated carbocycles. The Morgan fingerprint density at radius 3 is 2.27 bits per heavy atom. The highest BCUT2D eigenvalue weighted by atomic mass is 79.9. The van der Waals surface area contributed by atoms with Crippen LogP contribution in [0.1, 0.15) is 5.56 Å². The van der Waals surface area contributed by atoms with E-state index in [4.69, 9.17) is 0 Å². The zero-order valence-corrected chi connectivity index (χ0v) is 8.76. The zero-order chi connectivity index (χ0) is 8.59. The van der Waals surface area contributed by atoms with Crippen molar-refractivity contribution in [1.29, 1.82) is 0 Å². The largest absolute Gasteiger partial charge is 0.206 e. The molecule has 0 nitrogen and oxygen atoms in total. The summed E-state index contributed by atoms with van der Waals surface area (Å²) in [5, 5.41) is 0. The molecule has 0 bridgehead atoms. The summed E-state index contributed by atoms with van der Waals surface area (Å²) in [6.45, 7) is 1.51. The van der Waals surface area contributed by atoms with E-state index in [-0.39, 0.29) is 14.5 Å². The van der Waals surface area contributed by atoms with Crippen LogP contribution in [0.4, 0.5) is 8.78 Å². The quantitative estimate of drug-likeness (QED) is 0.502. The lowest BCUT2D eigenvalue weighted by Crippen LogP contribution is -1.89. The van der Waals surface area contributed by atoms with Gasteiger partial charge in [-0.25, -0.2) is 8.78 Å². The predicted octanol–water partition coefficient (Wildman–Crippen LogP) is 3.80. The molecule has 0 unspecified atom stereocenters. The molecular weight excluding hydrogens is 282 g/mol. The number of halogens is 4. The van der Waals surface area contributed by atoms with Crippen molar-refractivity contribution in [3.05, 3.63) is 32.2 Å². The molecule has 0 spiro atoms. The standard InChI is InChI=1S/C7H4Br2F2/c1-3-2-4(10)5(8)6(9)7(3)11/h2H,1H3. The Balaban J connectivity index is 3.46. The fraction of sp³-hybridized carbons (Fsp3) is 0.143. The Bertz CT molecular complexity index is 271.